The van der Waals surface area contributed by atoms with Crippen LogP contribution >= 0.6 is 12.2 Å². The van der Waals surface area contributed by atoms with Crippen LogP contribution in [0.4, 0.5) is 0 Å². The number of nitrogens with one attached hydrogen (secondary N) is 2. The van der Waals surface area contributed by atoms with Crippen LogP contribution in [0, 0.1) is 0 Å². The molecule has 0 atom stereocenters. The van der Waals surface area contributed by atoms with Gasteiger partial charge in [-0.05, 0) is 43.8 Å². The van der Waals surface area contributed by atoms with E-state index >= 15 is 0 Å². The van der Waals surface area contributed by atoms with Gasteiger partial charge in [0.25, 0.3) is 11.8 Å². The molecule has 0 radical (unpaired) electrons. The Hall–Kier alpha value is -1.99. The second kappa shape index (κ2) is 5.56. The average molecular weight is 293 g/mol. The van der Waals surface area contributed by atoms with Crippen molar-refractivity contribution < 1.29 is 14.7 Å². The molecule has 6 nitrogen and oxygen atoms in total. The van der Waals surface area contributed by atoms with E-state index in [1.165, 1.54) is 0 Å². The summed E-state index contributed by atoms with van der Waals surface area (Å²) in [6.07, 6.45) is 3.48. The van der Waals surface area contributed by atoms with Crippen LogP contribution in [0.15, 0.2) is 34.7 Å². The molecule has 1 fully saturated rings. The summed E-state index contributed by atoms with van der Waals surface area (Å²) >= 11 is 4.76. The lowest BCUT2D eigenvalue weighted by molar-refractivity contribution is -0.123. The number of nitrogens with zero attached hydrogens (tertiary/aromatic N) is 1. The number of hydrogen-bond acceptors (Lipinski definition) is 5. The minimum Gasteiger partial charge on any atom is -0.395 e. The molecule has 0 aliphatic carbocycles. The molecule has 2 heterocycles. The molecule has 0 aromatic heterocycles. The number of thiocarbonyl (C=S) groups is 1. The van der Waals surface area contributed by atoms with Gasteiger partial charge in [-0.1, -0.05) is 0 Å². The Kier molecular flexibility index (Phi) is 4.01. The Morgan fingerprint density at radius 3 is 2.10 bits per heavy atom. The van der Waals surface area contributed by atoms with Crippen LogP contribution < -0.4 is 10.6 Å². The summed E-state index contributed by atoms with van der Waals surface area (Å²) in [5.41, 5.74) is 2.29. The Balaban J connectivity index is 2.43. The highest BCUT2D eigenvalue weighted by molar-refractivity contribution is 7.80. The van der Waals surface area contributed by atoms with Crippen molar-refractivity contribution in [2.45, 2.75) is 13.8 Å². The molecule has 0 saturated carbocycles. The molecule has 2 amide bonds. The van der Waals surface area contributed by atoms with Crippen LogP contribution in [-0.4, -0.2) is 40.1 Å². The molecule has 2 aliphatic rings. The highest BCUT2D eigenvalue weighted by atomic mass is 32.1. The fourth-order valence-corrected chi connectivity index (χ4v) is 2.44. The molecule has 0 spiro atoms. The number of rotatable bonds is 2. The highest BCUT2D eigenvalue weighted by Crippen LogP contribution is 2.25. The first-order chi connectivity index (χ1) is 9.43. The van der Waals surface area contributed by atoms with Crippen molar-refractivity contribution >= 4 is 29.1 Å². The number of β-amino-alcohol motifs (C(OH)–C–C–N with tert-alkyl or cyclic N) is 1. The van der Waals surface area contributed by atoms with Gasteiger partial charge in [-0.3, -0.25) is 20.2 Å². The molecule has 1 saturated heterocycles. The molecule has 2 aliphatic heterocycles. The summed E-state index contributed by atoms with van der Waals surface area (Å²) in [5, 5.41) is 13.9. The molecule has 0 bridgehead atoms. The van der Waals surface area contributed by atoms with E-state index in [1.807, 2.05) is 18.7 Å². The van der Waals surface area contributed by atoms with Crippen molar-refractivity contribution in [1.29, 1.82) is 0 Å². The van der Waals surface area contributed by atoms with Gasteiger partial charge in [0, 0.05) is 17.9 Å². The number of hydrogen-bond donors (Lipinski definition) is 3. The van der Waals surface area contributed by atoms with Crippen LogP contribution in [0.1, 0.15) is 13.8 Å². The zero-order chi connectivity index (χ0) is 14.9. The monoisotopic (exact) mass is 293 g/mol. The second-order valence-corrected chi connectivity index (χ2v) is 4.92. The summed E-state index contributed by atoms with van der Waals surface area (Å²) in [5.74, 6) is -1.00. The molecule has 7 heteroatoms. The van der Waals surface area contributed by atoms with Gasteiger partial charge >= 0.3 is 0 Å². The van der Waals surface area contributed by atoms with Crippen molar-refractivity contribution in [3.8, 4) is 0 Å². The normalized spacial score (nSPS) is 19.6. The van der Waals surface area contributed by atoms with Crippen LogP contribution in [0.2, 0.25) is 0 Å². The third-order valence-corrected chi connectivity index (χ3v) is 3.30. The Bertz CT molecular complexity index is 546. The molecule has 0 unspecified atom stereocenters. The standard InChI is InChI=1S/C13H15N3O3S/c1-7-5-9(6-8(2)16(7)3-4-17)10-11(18)14-13(20)15-12(10)19/h5-6,17H,3-4H2,1-2H3,(H2,14,15,18,19,20). The number of allylic oxidation sites excluding steroid dienone is 5. The molecular formula is C13H15N3O3S. The van der Waals surface area contributed by atoms with Gasteiger partial charge in [0.1, 0.15) is 5.57 Å². The summed E-state index contributed by atoms with van der Waals surface area (Å²) in [7, 11) is 0. The number of carbonyl (C=O) groups excluding carboxylic acids is 2. The summed E-state index contributed by atoms with van der Waals surface area (Å²) in [6, 6.07) is 0. The Morgan fingerprint density at radius 2 is 1.65 bits per heavy atom. The van der Waals surface area contributed by atoms with Gasteiger partial charge in [0.05, 0.1) is 6.61 Å². The smallest absolute Gasteiger partial charge is 0.263 e. The van der Waals surface area contributed by atoms with E-state index in [9.17, 15) is 9.59 Å². The SMILES string of the molecule is CC1=CC(=C2C(=O)NC(=S)NC2=O)C=C(C)N1CCO. The van der Waals surface area contributed by atoms with E-state index in [1.54, 1.807) is 12.2 Å². The summed E-state index contributed by atoms with van der Waals surface area (Å²) in [4.78, 5) is 25.7. The largest absolute Gasteiger partial charge is 0.395 e. The highest BCUT2D eigenvalue weighted by Gasteiger charge is 2.29. The quantitative estimate of drug-likeness (QED) is 0.377. The molecule has 106 valence electrons. The van der Waals surface area contributed by atoms with E-state index in [-0.39, 0.29) is 17.3 Å². The van der Waals surface area contributed by atoms with Crippen LogP contribution in [0.3, 0.4) is 0 Å². The topological polar surface area (TPSA) is 81.7 Å². The predicted octanol–water partition coefficient (Wildman–Crippen LogP) is -0.0706. The molecular weight excluding hydrogens is 278 g/mol. The van der Waals surface area contributed by atoms with Gasteiger partial charge in [0.2, 0.25) is 0 Å². The van der Waals surface area contributed by atoms with Crippen molar-refractivity contribution in [3.63, 3.8) is 0 Å². The van der Waals surface area contributed by atoms with Crippen molar-refractivity contribution in [2.75, 3.05) is 13.2 Å². The predicted molar refractivity (Wildman–Crippen MR) is 77.2 cm³/mol. The number of aliphatic hydroxyl groups is 1. The van der Waals surface area contributed by atoms with Gasteiger partial charge < -0.3 is 10.0 Å². The number of carbonyl (C=O) groups is 2. The molecule has 20 heavy (non-hydrogen) atoms. The molecule has 3 N–H and O–H groups in total. The lowest BCUT2D eigenvalue weighted by Crippen LogP contribution is -2.51. The van der Waals surface area contributed by atoms with E-state index in [4.69, 9.17) is 17.3 Å². The van der Waals surface area contributed by atoms with Crippen LogP contribution in [-0.2, 0) is 9.59 Å². The maximum atomic E-state index is 11.9. The first-order valence-corrected chi connectivity index (χ1v) is 6.50. The van der Waals surface area contributed by atoms with Crippen LogP contribution in [0.5, 0.6) is 0 Å². The molecule has 2 rings (SSSR count). The van der Waals surface area contributed by atoms with Gasteiger partial charge in [-0.15, -0.1) is 0 Å². The first-order valence-electron chi connectivity index (χ1n) is 6.10. The van der Waals surface area contributed by atoms with Crippen molar-refractivity contribution in [1.82, 2.24) is 15.5 Å². The zero-order valence-electron chi connectivity index (χ0n) is 11.2. The van der Waals surface area contributed by atoms with Crippen LogP contribution in [0.25, 0.3) is 0 Å². The summed E-state index contributed by atoms with van der Waals surface area (Å²) in [6.45, 7) is 4.21. The third-order valence-electron chi connectivity index (χ3n) is 3.10. The van der Waals surface area contributed by atoms with E-state index in [2.05, 4.69) is 10.6 Å². The number of aliphatic hydroxyl groups excluding tert-OH is 1. The maximum absolute atomic E-state index is 11.9. The lowest BCUT2D eigenvalue weighted by atomic mass is 10.00. The minimum absolute atomic E-state index is 0.0171. The average Bonchev–Trinajstić information content (AvgIpc) is 2.32. The van der Waals surface area contributed by atoms with E-state index in [0.717, 1.165) is 11.4 Å². The van der Waals surface area contributed by atoms with Crippen molar-refractivity contribution in [2.24, 2.45) is 0 Å². The first kappa shape index (κ1) is 14.4. The second-order valence-electron chi connectivity index (χ2n) is 4.51. The zero-order valence-corrected chi connectivity index (χ0v) is 12.0. The Morgan fingerprint density at radius 1 is 1.15 bits per heavy atom. The van der Waals surface area contributed by atoms with E-state index < -0.39 is 11.8 Å². The van der Waals surface area contributed by atoms with E-state index in [0.29, 0.717) is 12.1 Å². The van der Waals surface area contributed by atoms with Gasteiger partial charge in [-0.2, -0.15) is 0 Å². The fraction of sp³-hybridized carbons (Fsp3) is 0.308. The Labute approximate surface area is 121 Å². The number of amides is 2. The third kappa shape index (κ3) is 2.63. The maximum Gasteiger partial charge on any atom is 0.263 e. The molecule has 0 aromatic rings. The fourth-order valence-electron chi connectivity index (χ4n) is 2.25. The summed E-state index contributed by atoms with van der Waals surface area (Å²) < 4.78 is 0. The lowest BCUT2D eigenvalue weighted by Gasteiger charge is -2.30. The van der Waals surface area contributed by atoms with Gasteiger partial charge in [0.15, 0.2) is 5.11 Å². The van der Waals surface area contributed by atoms with Crippen molar-refractivity contribution in [3.05, 3.63) is 34.7 Å². The van der Waals surface area contributed by atoms with Gasteiger partial charge in [-0.25, -0.2) is 0 Å². The minimum atomic E-state index is -0.502. The molecule has 0 aromatic carbocycles.